The number of hydrogen-bond donors (Lipinski definition) is 1. The van der Waals surface area contributed by atoms with Gasteiger partial charge in [0.2, 0.25) is 0 Å². The lowest BCUT2D eigenvalue weighted by atomic mass is 9.97. The van der Waals surface area contributed by atoms with Crippen LogP contribution in [-0.2, 0) is 6.54 Å². The minimum Gasteiger partial charge on any atom is -0.310 e. The summed E-state index contributed by atoms with van der Waals surface area (Å²) in [5.74, 6) is 0. The Morgan fingerprint density at radius 1 is 1.40 bits per heavy atom. The molecule has 110 valence electrons. The zero-order chi connectivity index (χ0) is 14.0. The van der Waals surface area contributed by atoms with E-state index in [9.17, 15) is 0 Å². The van der Waals surface area contributed by atoms with E-state index in [1.54, 1.807) is 0 Å². The predicted molar refractivity (Wildman–Crippen MR) is 85.6 cm³/mol. The molecule has 1 atom stereocenters. The largest absolute Gasteiger partial charge is 0.310 e. The number of rotatable bonds is 2. The number of hydrogen-bond acceptors (Lipinski definition) is 3. The Labute approximate surface area is 130 Å². The van der Waals surface area contributed by atoms with E-state index in [2.05, 4.69) is 50.2 Å². The van der Waals surface area contributed by atoms with Crippen LogP contribution in [0.15, 0.2) is 22.8 Å². The van der Waals surface area contributed by atoms with Crippen molar-refractivity contribution in [1.29, 1.82) is 0 Å². The second kappa shape index (κ2) is 6.12. The van der Waals surface area contributed by atoms with Gasteiger partial charge in [-0.05, 0) is 60.8 Å². The molecule has 2 fully saturated rings. The van der Waals surface area contributed by atoms with Crippen molar-refractivity contribution in [2.24, 2.45) is 0 Å². The predicted octanol–water partition coefficient (Wildman–Crippen LogP) is 3.34. The second-order valence-corrected chi connectivity index (χ2v) is 7.34. The van der Waals surface area contributed by atoms with Crippen LogP contribution >= 0.6 is 15.9 Å². The molecule has 1 N–H and O–H groups in total. The molecule has 1 unspecified atom stereocenters. The van der Waals surface area contributed by atoms with Crippen LogP contribution < -0.4 is 5.32 Å². The van der Waals surface area contributed by atoms with Crippen molar-refractivity contribution in [3.8, 4) is 0 Å². The van der Waals surface area contributed by atoms with Crippen LogP contribution in [0.4, 0.5) is 0 Å². The quantitative estimate of drug-likeness (QED) is 0.896. The van der Waals surface area contributed by atoms with Gasteiger partial charge in [0.15, 0.2) is 0 Å². The number of pyridine rings is 1. The van der Waals surface area contributed by atoms with Crippen LogP contribution in [-0.4, -0.2) is 34.6 Å². The van der Waals surface area contributed by atoms with Crippen molar-refractivity contribution in [2.45, 2.75) is 57.2 Å². The van der Waals surface area contributed by atoms with E-state index in [1.807, 2.05) is 6.20 Å². The van der Waals surface area contributed by atoms with Gasteiger partial charge in [0.05, 0.1) is 5.69 Å². The summed E-state index contributed by atoms with van der Waals surface area (Å²) in [4.78, 5) is 7.17. The maximum atomic E-state index is 4.54. The van der Waals surface area contributed by atoms with E-state index in [0.29, 0.717) is 11.6 Å². The molecule has 1 aromatic heterocycles. The summed E-state index contributed by atoms with van der Waals surface area (Å²) in [6.45, 7) is 5.66. The highest BCUT2D eigenvalue weighted by Gasteiger charge is 2.38. The molecule has 0 aromatic carbocycles. The lowest BCUT2D eigenvalue weighted by Crippen LogP contribution is -2.50. The molecule has 1 aromatic rings. The summed E-state index contributed by atoms with van der Waals surface area (Å²) in [5, 5.41) is 3.84. The molecule has 1 saturated carbocycles. The van der Waals surface area contributed by atoms with E-state index in [0.717, 1.165) is 17.6 Å². The normalized spacial score (nSPS) is 26.8. The summed E-state index contributed by atoms with van der Waals surface area (Å²) in [7, 11) is 0. The van der Waals surface area contributed by atoms with Crippen molar-refractivity contribution in [2.75, 3.05) is 13.1 Å². The highest BCUT2D eigenvalue weighted by Crippen LogP contribution is 2.33. The zero-order valence-electron chi connectivity index (χ0n) is 12.2. The highest BCUT2D eigenvalue weighted by atomic mass is 79.9. The topological polar surface area (TPSA) is 28.2 Å². The second-order valence-electron chi connectivity index (χ2n) is 6.42. The smallest absolute Gasteiger partial charge is 0.0544 e. The fourth-order valence-electron chi connectivity index (χ4n) is 3.64. The minimum absolute atomic E-state index is 0.375. The van der Waals surface area contributed by atoms with Crippen LogP contribution in [0.25, 0.3) is 0 Å². The standard InChI is InChI=1S/C16H24BrN3/c1-13-6-9-19-16(7-2-3-8-16)12-20(13)11-15-5-4-14(17)10-18-15/h4-5,10,13,19H,2-3,6-9,11-12H2,1H3. The molecule has 0 amide bonds. The molecule has 4 heteroatoms. The van der Waals surface area contributed by atoms with Gasteiger partial charge in [-0.15, -0.1) is 0 Å². The lowest BCUT2D eigenvalue weighted by Gasteiger charge is -2.35. The fraction of sp³-hybridized carbons (Fsp3) is 0.688. The van der Waals surface area contributed by atoms with E-state index >= 15 is 0 Å². The van der Waals surface area contributed by atoms with Gasteiger partial charge in [0.25, 0.3) is 0 Å². The van der Waals surface area contributed by atoms with E-state index < -0.39 is 0 Å². The Bertz CT molecular complexity index is 440. The first-order valence-corrected chi connectivity index (χ1v) is 8.56. The molecule has 2 aliphatic rings. The first-order valence-electron chi connectivity index (χ1n) is 7.76. The number of halogens is 1. The third-order valence-electron chi connectivity index (χ3n) is 4.91. The average molecular weight is 338 g/mol. The Morgan fingerprint density at radius 2 is 2.20 bits per heavy atom. The number of aromatic nitrogens is 1. The Balaban J connectivity index is 1.73. The van der Waals surface area contributed by atoms with E-state index in [1.165, 1.54) is 44.3 Å². The molecule has 1 aliphatic carbocycles. The average Bonchev–Trinajstić information content (AvgIpc) is 2.83. The van der Waals surface area contributed by atoms with Crippen LogP contribution in [0.2, 0.25) is 0 Å². The van der Waals surface area contributed by atoms with Gasteiger partial charge in [-0.3, -0.25) is 9.88 Å². The third-order valence-corrected chi connectivity index (χ3v) is 5.37. The molecular weight excluding hydrogens is 314 g/mol. The van der Waals surface area contributed by atoms with Gasteiger partial charge in [-0.25, -0.2) is 0 Å². The fourth-order valence-corrected chi connectivity index (χ4v) is 3.87. The summed E-state index contributed by atoms with van der Waals surface area (Å²) in [6, 6.07) is 4.86. The monoisotopic (exact) mass is 337 g/mol. The lowest BCUT2D eigenvalue weighted by molar-refractivity contribution is 0.158. The Kier molecular flexibility index (Phi) is 4.43. The minimum atomic E-state index is 0.375. The molecule has 3 nitrogen and oxygen atoms in total. The van der Waals surface area contributed by atoms with Crippen molar-refractivity contribution in [3.05, 3.63) is 28.5 Å². The van der Waals surface area contributed by atoms with Crippen molar-refractivity contribution < 1.29 is 0 Å². The molecular formula is C16H24BrN3. The third kappa shape index (κ3) is 3.23. The highest BCUT2D eigenvalue weighted by molar-refractivity contribution is 9.10. The molecule has 2 heterocycles. The summed E-state index contributed by atoms with van der Waals surface area (Å²) >= 11 is 3.46. The van der Waals surface area contributed by atoms with Crippen molar-refractivity contribution in [1.82, 2.24) is 15.2 Å². The maximum absolute atomic E-state index is 4.54. The van der Waals surface area contributed by atoms with Crippen molar-refractivity contribution >= 4 is 15.9 Å². The summed E-state index contributed by atoms with van der Waals surface area (Å²) in [5.41, 5.74) is 1.55. The molecule has 1 saturated heterocycles. The Hall–Kier alpha value is -0.450. The molecule has 1 aliphatic heterocycles. The molecule has 0 radical (unpaired) electrons. The Morgan fingerprint density at radius 3 is 2.90 bits per heavy atom. The van der Waals surface area contributed by atoms with Gasteiger partial charge in [-0.2, -0.15) is 0 Å². The first-order chi connectivity index (χ1) is 9.67. The first kappa shape index (κ1) is 14.5. The van der Waals surface area contributed by atoms with Crippen LogP contribution in [0.3, 0.4) is 0 Å². The molecule has 20 heavy (non-hydrogen) atoms. The van der Waals surface area contributed by atoms with Gasteiger partial charge in [0.1, 0.15) is 0 Å². The van der Waals surface area contributed by atoms with Crippen LogP contribution in [0.1, 0.15) is 44.7 Å². The SMILES string of the molecule is CC1CCNC2(CCCC2)CN1Cc1ccc(Br)cn1. The summed E-state index contributed by atoms with van der Waals surface area (Å²) in [6.07, 6.45) is 8.57. The van der Waals surface area contributed by atoms with E-state index in [-0.39, 0.29) is 0 Å². The van der Waals surface area contributed by atoms with Crippen LogP contribution in [0, 0.1) is 0 Å². The van der Waals surface area contributed by atoms with Gasteiger partial charge in [0, 0.05) is 35.3 Å². The molecule has 1 spiro atoms. The van der Waals surface area contributed by atoms with E-state index in [4.69, 9.17) is 0 Å². The molecule has 3 rings (SSSR count). The summed E-state index contributed by atoms with van der Waals surface area (Å²) < 4.78 is 1.05. The van der Waals surface area contributed by atoms with Crippen molar-refractivity contribution in [3.63, 3.8) is 0 Å². The van der Waals surface area contributed by atoms with Gasteiger partial charge < -0.3 is 5.32 Å². The van der Waals surface area contributed by atoms with Crippen LogP contribution in [0.5, 0.6) is 0 Å². The van der Waals surface area contributed by atoms with Gasteiger partial charge in [-0.1, -0.05) is 12.8 Å². The maximum Gasteiger partial charge on any atom is 0.0544 e. The molecule has 0 bridgehead atoms. The number of nitrogens with one attached hydrogen (secondary N) is 1. The van der Waals surface area contributed by atoms with Gasteiger partial charge >= 0.3 is 0 Å². The zero-order valence-corrected chi connectivity index (χ0v) is 13.8. The number of nitrogens with zero attached hydrogens (tertiary/aromatic N) is 2.